The fourth-order valence-corrected chi connectivity index (χ4v) is 2.45. The van der Waals surface area contributed by atoms with Crippen LogP contribution in [0.15, 0.2) is 18.2 Å². The lowest BCUT2D eigenvalue weighted by molar-refractivity contribution is 0.118. The Hall–Kier alpha value is -1.46. The Balaban J connectivity index is 2.21. The number of aryl methyl sites for hydroxylation is 2. The maximum atomic E-state index is 5.23. The van der Waals surface area contributed by atoms with Gasteiger partial charge in [0.2, 0.25) is 5.13 Å². The second kappa shape index (κ2) is 5.46. The van der Waals surface area contributed by atoms with Crippen molar-refractivity contribution in [2.24, 2.45) is 0 Å². The number of para-hydroxylation sites is 1. The molecule has 1 N–H and O–H groups in total. The molecule has 0 saturated heterocycles. The van der Waals surface area contributed by atoms with E-state index in [1.165, 1.54) is 22.5 Å². The van der Waals surface area contributed by atoms with E-state index in [4.69, 9.17) is 4.74 Å². The Morgan fingerprint density at radius 3 is 2.50 bits per heavy atom. The molecule has 96 valence electrons. The third-order valence-corrected chi connectivity index (χ3v) is 3.85. The minimum absolute atomic E-state index is 0.0176. The molecule has 0 radical (unpaired) electrons. The molecule has 2 aromatic rings. The summed E-state index contributed by atoms with van der Waals surface area (Å²) in [5.74, 6) is 0. The average Bonchev–Trinajstić information content (AvgIpc) is 2.81. The van der Waals surface area contributed by atoms with E-state index in [0.29, 0.717) is 0 Å². The van der Waals surface area contributed by atoms with Gasteiger partial charge in [-0.2, -0.15) is 0 Å². The quantitative estimate of drug-likeness (QED) is 0.915. The minimum atomic E-state index is -0.0176. The van der Waals surface area contributed by atoms with E-state index in [1.807, 2.05) is 13.0 Å². The molecule has 0 aliphatic heterocycles. The molecule has 0 fully saturated rings. The number of benzene rings is 1. The number of aromatic nitrogens is 2. The molecule has 0 bridgehead atoms. The van der Waals surface area contributed by atoms with Gasteiger partial charge in [0.15, 0.2) is 0 Å². The van der Waals surface area contributed by atoms with Gasteiger partial charge in [0.25, 0.3) is 0 Å². The van der Waals surface area contributed by atoms with Gasteiger partial charge in [-0.15, -0.1) is 10.2 Å². The lowest BCUT2D eigenvalue weighted by Crippen LogP contribution is -1.95. The number of nitrogens with one attached hydrogen (secondary N) is 1. The van der Waals surface area contributed by atoms with Crippen LogP contribution in [-0.2, 0) is 4.74 Å². The SMILES string of the molecule is COC(C)c1nnc(Nc2c(C)cccc2C)s1. The molecule has 1 aromatic carbocycles. The van der Waals surface area contributed by atoms with Crippen molar-refractivity contribution in [1.82, 2.24) is 10.2 Å². The van der Waals surface area contributed by atoms with E-state index in [9.17, 15) is 0 Å². The van der Waals surface area contributed by atoms with Crippen LogP contribution in [0.25, 0.3) is 0 Å². The van der Waals surface area contributed by atoms with Crippen LogP contribution in [0.2, 0.25) is 0 Å². The molecule has 2 rings (SSSR count). The zero-order valence-electron chi connectivity index (χ0n) is 11.0. The van der Waals surface area contributed by atoms with Crippen LogP contribution in [0.4, 0.5) is 10.8 Å². The van der Waals surface area contributed by atoms with Crippen molar-refractivity contribution in [2.45, 2.75) is 26.9 Å². The van der Waals surface area contributed by atoms with E-state index in [1.54, 1.807) is 7.11 Å². The number of hydrogen-bond donors (Lipinski definition) is 1. The van der Waals surface area contributed by atoms with Crippen LogP contribution < -0.4 is 5.32 Å². The average molecular weight is 263 g/mol. The predicted molar refractivity (Wildman–Crippen MR) is 74.5 cm³/mol. The molecule has 1 atom stereocenters. The molecule has 1 aromatic heterocycles. The largest absolute Gasteiger partial charge is 0.374 e. The normalized spacial score (nSPS) is 12.4. The van der Waals surface area contributed by atoms with E-state index in [-0.39, 0.29) is 6.10 Å². The van der Waals surface area contributed by atoms with E-state index >= 15 is 0 Å². The van der Waals surface area contributed by atoms with Gasteiger partial charge in [-0.25, -0.2) is 0 Å². The van der Waals surface area contributed by atoms with Crippen molar-refractivity contribution in [3.63, 3.8) is 0 Å². The topological polar surface area (TPSA) is 47.0 Å². The summed E-state index contributed by atoms with van der Waals surface area (Å²) in [6.07, 6.45) is -0.0176. The summed E-state index contributed by atoms with van der Waals surface area (Å²) in [5, 5.41) is 13.3. The first-order valence-corrected chi connectivity index (χ1v) is 6.63. The molecule has 0 aliphatic carbocycles. The number of nitrogens with zero attached hydrogens (tertiary/aromatic N) is 2. The van der Waals surface area contributed by atoms with Crippen molar-refractivity contribution in [2.75, 3.05) is 12.4 Å². The third-order valence-electron chi connectivity index (χ3n) is 2.86. The lowest BCUT2D eigenvalue weighted by atomic mass is 10.1. The summed E-state index contributed by atoms with van der Waals surface area (Å²) >= 11 is 1.52. The molecule has 1 heterocycles. The third kappa shape index (κ3) is 2.68. The standard InChI is InChI=1S/C13H17N3OS/c1-8-6-5-7-9(2)11(8)14-13-16-15-12(18-13)10(3)17-4/h5-7,10H,1-4H3,(H,14,16). The van der Waals surface area contributed by atoms with E-state index in [0.717, 1.165) is 15.8 Å². The van der Waals surface area contributed by atoms with Crippen LogP contribution in [0.1, 0.15) is 29.2 Å². The number of ether oxygens (including phenoxy) is 1. The van der Waals surface area contributed by atoms with Gasteiger partial charge in [0.05, 0.1) is 0 Å². The van der Waals surface area contributed by atoms with Gasteiger partial charge < -0.3 is 10.1 Å². The van der Waals surface area contributed by atoms with Gasteiger partial charge in [-0.3, -0.25) is 0 Å². The molecule has 4 nitrogen and oxygen atoms in total. The highest BCUT2D eigenvalue weighted by atomic mass is 32.1. The van der Waals surface area contributed by atoms with Gasteiger partial charge in [-0.1, -0.05) is 29.5 Å². The summed E-state index contributed by atoms with van der Waals surface area (Å²) in [4.78, 5) is 0. The van der Waals surface area contributed by atoms with Gasteiger partial charge >= 0.3 is 0 Å². The Labute approximate surface area is 111 Å². The first-order chi connectivity index (χ1) is 8.61. The fraction of sp³-hybridized carbons (Fsp3) is 0.385. The first-order valence-electron chi connectivity index (χ1n) is 5.81. The van der Waals surface area contributed by atoms with Gasteiger partial charge in [0.1, 0.15) is 11.1 Å². The van der Waals surface area contributed by atoms with Crippen molar-refractivity contribution in [3.05, 3.63) is 34.3 Å². The summed E-state index contributed by atoms with van der Waals surface area (Å²) < 4.78 is 5.23. The van der Waals surface area contributed by atoms with Crippen LogP contribution in [0.5, 0.6) is 0 Å². The van der Waals surface area contributed by atoms with Gasteiger partial charge in [0, 0.05) is 12.8 Å². The van der Waals surface area contributed by atoms with Crippen molar-refractivity contribution >= 4 is 22.2 Å². The maximum Gasteiger partial charge on any atom is 0.210 e. The minimum Gasteiger partial charge on any atom is -0.374 e. The smallest absolute Gasteiger partial charge is 0.210 e. The summed E-state index contributed by atoms with van der Waals surface area (Å²) in [6.45, 7) is 6.12. The molecule has 0 spiro atoms. The molecular formula is C13H17N3OS. The summed E-state index contributed by atoms with van der Waals surface area (Å²) in [5.41, 5.74) is 3.50. The molecule has 5 heteroatoms. The number of anilines is 2. The number of hydrogen-bond acceptors (Lipinski definition) is 5. The zero-order chi connectivity index (χ0) is 13.1. The fourth-order valence-electron chi connectivity index (χ4n) is 1.67. The second-order valence-corrected chi connectivity index (χ2v) is 5.22. The molecule has 18 heavy (non-hydrogen) atoms. The Morgan fingerprint density at radius 1 is 1.22 bits per heavy atom. The highest BCUT2D eigenvalue weighted by Crippen LogP contribution is 2.28. The summed E-state index contributed by atoms with van der Waals surface area (Å²) in [7, 11) is 1.67. The summed E-state index contributed by atoms with van der Waals surface area (Å²) in [6, 6.07) is 6.21. The Morgan fingerprint density at radius 2 is 1.89 bits per heavy atom. The lowest BCUT2D eigenvalue weighted by Gasteiger charge is -2.09. The monoisotopic (exact) mass is 263 g/mol. The molecule has 0 amide bonds. The first kappa shape index (κ1) is 13.0. The van der Waals surface area contributed by atoms with Crippen molar-refractivity contribution < 1.29 is 4.74 Å². The van der Waals surface area contributed by atoms with Crippen molar-refractivity contribution in [1.29, 1.82) is 0 Å². The highest BCUT2D eigenvalue weighted by Gasteiger charge is 2.12. The molecule has 0 saturated carbocycles. The van der Waals surface area contributed by atoms with Crippen LogP contribution >= 0.6 is 11.3 Å². The Kier molecular flexibility index (Phi) is 3.93. The van der Waals surface area contributed by atoms with Crippen LogP contribution in [0.3, 0.4) is 0 Å². The highest BCUT2D eigenvalue weighted by molar-refractivity contribution is 7.15. The molecular weight excluding hydrogens is 246 g/mol. The molecule has 0 aliphatic rings. The number of methoxy groups -OCH3 is 1. The van der Waals surface area contributed by atoms with Crippen LogP contribution in [-0.4, -0.2) is 17.3 Å². The Bertz CT molecular complexity index is 519. The van der Waals surface area contributed by atoms with Gasteiger partial charge in [-0.05, 0) is 31.9 Å². The number of rotatable bonds is 4. The second-order valence-electron chi connectivity index (χ2n) is 4.22. The predicted octanol–water partition coefficient (Wildman–Crippen LogP) is 3.61. The molecule has 1 unspecified atom stereocenters. The van der Waals surface area contributed by atoms with E-state index in [2.05, 4.69) is 41.5 Å². The van der Waals surface area contributed by atoms with E-state index < -0.39 is 0 Å². The van der Waals surface area contributed by atoms with Crippen LogP contribution in [0, 0.1) is 13.8 Å². The van der Waals surface area contributed by atoms with Crippen molar-refractivity contribution in [3.8, 4) is 0 Å². The zero-order valence-corrected chi connectivity index (χ0v) is 11.8. The maximum absolute atomic E-state index is 5.23.